The highest BCUT2D eigenvalue weighted by Crippen LogP contribution is 2.46. The predicted octanol–water partition coefficient (Wildman–Crippen LogP) is 7.40. The lowest BCUT2D eigenvalue weighted by Gasteiger charge is -2.42. The maximum Gasteiger partial charge on any atom is 0.408 e. The molecular weight excluding hydrogens is 458 g/mol. The van der Waals surface area contributed by atoms with Gasteiger partial charge in [0, 0.05) is 4.47 Å². The molecule has 6 heteroatoms. The minimum absolute atomic E-state index is 0.0395. The molecule has 30 heavy (non-hydrogen) atoms. The Morgan fingerprint density at radius 1 is 1.10 bits per heavy atom. The average Bonchev–Trinajstić information content (AvgIpc) is 3.11. The third-order valence-corrected chi connectivity index (χ3v) is 11.6. The molecule has 0 bridgehead atoms. The van der Waals surface area contributed by atoms with Crippen molar-refractivity contribution in [2.45, 2.75) is 69.9 Å². The van der Waals surface area contributed by atoms with E-state index >= 15 is 0 Å². The molecule has 2 aromatic rings. The van der Waals surface area contributed by atoms with Gasteiger partial charge in [0.15, 0.2) is 8.32 Å². The average molecular weight is 491 g/mol. The van der Waals surface area contributed by atoms with Crippen LogP contribution in [-0.2, 0) is 4.43 Å². The highest BCUT2D eigenvalue weighted by atomic mass is 79.9. The van der Waals surface area contributed by atoms with Crippen LogP contribution in [0.1, 0.15) is 56.9 Å². The van der Waals surface area contributed by atoms with E-state index in [-0.39, 0.29) is 23.2 Å². The topological polar surface area (TPSA) is 49.8 Å². The van der Waals surface area contributed by atoms with E-state index in [1.165, 1.54) is 0 Å². The Hall–Kier alpha value is -1.63. The predicted molar refractivity (Wildman–Crippen MR) is 127 cm³/mol. The van der Waals surface area contributed by atoms with Gasteiger partial charge in [0.1, 0.15) is 0 Å². The van der Waals surface area contributed by atoms with Crippen LogP contribution in [0.4, 0.5) is 4.79 Å². The van der Waals surface area contributed by atoms with E-state index in [4.69, 9.17) is 4.43 Å². The molecule has 4 nitrogen and oxygen atoms in total. The van der Waals surface area contributed by atoms with Crippen LogP contribution in [0.15, 0.2) is 59.1 Å². The van der Waals surface area contributed by atoms with Gasteiger partial charge in [0.05, 0.1) is 18.2 Å². The van der Waals surface area contributed by atoms with Crippen LogP contribution in [0.2, 0.25) is 18.1 Å². The van der Waals surface area contributed by atoms with Crippen molar-refractivity contribution in [2.24, 2.45) is 0 Å². The molecule has 1 saturated heterocycles. The molecule has 0 aliphatic carbocycles. The van der Waals surface area contributed by atoms with Crippen LogP contribution in [0.3, 0.4) is 0 Å². The first-order chi connectivity index (χ1) is 14.0. The number of rotatable bonds is 5. The highest BCUT2D eigenvalue weighted by Gasteiger charge is 2.47. The standard InChI is InChI=1S/C24H32BrNO3Si/c1-24(2,3)30(4,5)29-22(18-9-7-6-8-10-18)21-16-15-20(26(21)23(27)28)17-11-13-19(25)14-12-17/h6-14,20-22H,15-16H2,1-5H3,(H,27,28)/t20-,21+,22+/m0/s1. The van der Waals surface area contributed by atoms with Gasteiger partial charge in [-0.1, -0.05) is 79.2 Å². The second-order valence-electron chi connectivity index (χ2n) is 9.61. The van der Waals surface area contributed by atoms with E-state index in [1.807, 2.05) is 42.5 Å². The fourth-order valence-electron chi connectivity index (χ4n) is 3.93. The van der Waals surface area contributed by atoms with Crippen molar-refractivity contribution in [3.63, 3.8) is 0 Å². The molecule has 1 fully saturated rings. The Labute approximate surface area is 189 Å². The lowest BCUT2D eigenvalue weighted by atomic mass is 10.0. The van der Waals surface area contributed by atoms with Crippen molar-refractivity contribution >= 4 is 30.3 Å². The van der Waals surface area contributed by atoms with Gasteiger partial charge in [-0.15, -0.1) is 0 Å². The number of carboxylic acid groups (broad SMARTS) is 1. The summed E-state index contributed by atoms with van der Waals surface area (Å²) < 4.78 is 7.87. The van der Waals surface area contributed by atoms with Crippen LogP contribution in [-0.4, -0.2) is 30.5 Å². The van der Waals surface area contributed by atoms with E-state index in [0.29, 0.717) is 0 Å². The van der Waals surface area contributed by atoms with Gasteiger partial charge >= 0.3 is 6.09 Å². The van der Waals surface area contributed by atoms with Crippen molar-refractivity contribution < 1.29 is 14.3 Å². The first-order valence-electron chi connectivity index (χ1n) is 10.5. The molecule has 2 aromatic carbocycles. The normalized spacial score (nSPS) is 20.9. The first-order valence-corrected chi connectivity index (χ1v) is 14.2. The van der Waals surface area contributed by atoms with Crippen LogP contribution in [0, 0.1) is 0 Å². The monoisotopic (exact) mass is 489 g/mol. The summed E-state index contributed by atoms with van der Waals surface area (Å²) in [6, 6.07) is 17.7. The zero-order chi connectivity index (χ0) is 22.1. The summed E-state index contributed by atoms with van der Waals surface area (Å²) in [5.74, 6) is 0. The molecule has 1 amide bonds. The number of likely N-dealkylation sites (tertiary alicyclic amines) is 1. The Bertz CT molecular complexity index is 864. The molecular formula is C24H32BrNO3Si. The minimum Gasteiger partial charge on any atom is -0.465 e. The van der Waals surface area contributed by atoms with Crippen molar-refractivity contribution in [1.29, 1.82) is 0 Å². The summed E-state index contributed by atoms with van der Waals surface area (Å²) in [5, 5.41) is 10.2. The van der Waals surface area contributed by atoms with Gasteiger partial charge in [-0.2, -0.15) is 0 Å². The van der Waals surface area contributed by atoms with Crippen LogP contribution in [0.5, 0.6) is 0 Å². The molecule has 3 atom stereocenters. The zero-order valence-corrected chi connectivity index (χ0v) is 21.0. The van der Waals surface area contributed by atoms with Gasteiger partial charge in [-0.05, 0) is 54.2 Å². The van der Waals surface area contributed by atoms with E-state index in [0.717, 1.165) is 28.4 Å². The SMILES string of the molecule is CC(C)(C)[Si](C)(C)O[C@H](c1ccccc1)[C@H]1CC[C@@H](c2ccc(Br)cc2)N1C(=O)O. The molecule has 0 spiro atoms. The van der Waals surface area contributed by atoms with Gasteiger partial charge in [0.2, 0.25) is 0 Å². The van der Waals surface area contributed by atoms with Crippen molar-refractivity contribution in [2.75, 3.05) is 0 Å². The Morgan fingerprint density at radius 3 is 2.23 bits per heavy atom. The summed E-state index contributed by atoms with van der Waals surface area (Å²) in [5.41, 5.74) is 2.08. The lowest BCUT2D eigenvalue weighted by Crippen LogP contribution is -2.47. The fourth-order valence-corrected chi connectivity index (χ4v) is 5.47. The molecule has 3 rings (SSSR count). The minimum atomic E-state index is -2.12. The second-order valence-corrected chi connectivity index (χ2v) is 15.3. The van der Waals surface area contributed by atoms with E-state index in [2.05, 4.69) is 61.9 Å². The lowest BCUT2D eigenvalue weighted by molar-refractivity contribution is 0.0596. The van der Waals surface area contributed by atoms with Crippen LogP contribution in [0.25, 0.3) is 0 Å². The quantitative estimate of drug-likeness (QED) is 0.445. The molecule has 0 unspecified atom stereocenters. The summed E-state index contributed by atoms with van der Waals surface area (Å²) in [7, 11) is -2.12. The number of hydrogen-bond acceptors (Lipinski definition) is 2. The molecule has 0 saturated carbocycles. The van der Waals surface area contributed by atoms with Gasteiger partial charge in [0.25, 0.3) is 0 Å². The summed E-state index contributed by atoms with van der Waals surface area (Å²) in [6.45, 7) is 11.1. The smallest absolute Gasteiger partial charge is 0.408 e. The van der Waals surface area contributed by atoms with Gasteiger partial charge < -0.3 is 9.53 Å². The molecule has 0 aromatic heterocycles. The number of amides is 1. The van der Waals surface area contributed by atoms with E-state index < -0.39 is 14.4 Å². The largest absolute Gasteiger partial charge is 0.465 e. The molecule has 0 radical (unpaired) electrons. The maximum atomic E-state index is 12.4. The molecule has 1 aliphatic rings. The van der Waals surface area contributed by atoms with Crippen molar-refractivity contribution in [3.8, 4) is 0 Å². The Morgan fingerprint density at radius 2 is 1.70 bits per heavy atom. The molecule has 1 aliphatic heterocycles. The van der Waals surface area contributed by atoms with Crippen LogP contribution < -0.4 is 0 Å². The summed E-state index contributed by atoms with van der Waals surface area (Å²) >= 11 is 3.47. The third-order valence-electron chi connectivity index (χ3n) is 6.61. The van der Waals surface area contributed by atoms with Crippen molar-refractivity contribution in [1.82, 2.24) is 4.90 Å². The molecule has 1 N–H and O–H groups in total. The number of benzene rings is 2. The van der Waals surface area contributed by atoms with Gasteiger partial charge in [-0.25, -0.2) is 4.79 Å². The zero-order valence-electron chi connectivity index (χ0n) is 18.4. The van der Waals surface area contributed by atoms with E-state index in [1.54, 1.807) is 4.90 Å². The number of hydrogen-bond donors (Lipinski definition) is 1. The Kier molecular flexibility index (Phi) is 6.80. The number of carbonyl (C=O) groups is 1. The highest BCUT2D eigenvalue weighted by molar-refractivity contribution is 9.10. The molecule has 162 valence electrons. The maximum absolute atomic E-state index is 12.4. The number of nitrogens with zero attached hydrogens (tertiary/aromatic N) is 1. The number of halogens is 1. The fraction of sp³-hybridized carbons (Fsp3) is 0.458. The summed E-state index contributed by atoms with van der Waals surface area (Å²) in [4.78, 5) is 14.1. The van der Waals surface area contributed by atoms with Crippen LogP contribution >= 0.6 is 15.9 Å². The van der Waals surface area contributed by atoms with E-state index in [9.17, 15) is 9.90 Å². The van der Waals surface area contributed by atoms with Crippen molar-refractivity contribution in [3.05, 3.63) is 70.2 Å². The second kappa shape index (κ2) is 8.85. The first kappa shape index (κ1) is 23.0. The summed E-state index contributed by atoms with van der Waals surface area (Å²) in [6.07, 6.45) is 0.415. The van der Waals surface area contributed by atoms with Gasteiger partial charge in [-0.3, -0.25) is 4.90 Å². The third kappa shape index (κ3) is 4.81. The molecule has 1 heterocycles. The Balaban J connectivity index is 1.99.